The van der Waals surface area contributed by atoms with Crippen LogP contribution in [0.4, 0.5) is 0 Å². The van der Waals surface area contributed by atoms with E-state index in [-0.39, 0.29) is 17.7 Å². The number of carbonyl (C=O) groups is 2. The van der Waals surface area contributed by atoms with Gasteiger partial charge in [-0.2, -0.15) is 0 Å². The van der Waals surface area contributed by atoms with E-state index in [1.165, 1.54) is 0 Å². The van der Waals surface area contributed by atoms with Crippen LogP contribution in [0.15, 0.2) is 24.3 Å². The highest BCUT2D eigenvalue weighted by Gasteiger charge is 2.26. The Morgan fingerprint density at radius 3 is 2.55 bits per heavy atom. The summed E-state index contributed by atoms with van der Waals surface area (Å²) >= 11 is 0. The van der Waals surface area contributed by atoms with E-state index in [9.17, 15) is 9.59 Å². The molecule has 1 aliphatic rings. The van der Waals surface area contributed by atoms with E-state index in [1.54, 1.807) is 0 Å². The van der Waals surface area contributed by atoms with Crippen molar-refractivity contribution in [3.8, 4) is 5.75 Å². The topological polar surface area (TPSA) is 55.4 Å². The number of piperidine rings is 1. The van der Waals surface area contributed by atoms with Crippen LogP contribution < -0.4 is 10.1 Å². The second-order valence-corrected chi connectivity index (χ2v) is 5.70. The van der Waals surface area contributed by atoms with E-state index in [0.29, 0.717) is 31.8 Å². The Balaban J connectivity index is 1.90. The fraction of sp³-hybridized carbons (Fsp3) is 0.500. The highest BCUT2D eigenvalue weighted by atomic mass is 16.5. The van der Waals surface area contributed by atoms with E-state index < -0.39 is 0 Å². The van der Waals surface area contributed by atoms with Gasteiger partial charge in [0.15, 0.2) is 0 Å². The van der Waals surface area contributed by atoms with Crippen LogP contribution in [0.5, 0.6) is 5.75 Å². The number of amides is 2. The molecule has 2 amide bonds. The largest absolute Gasteiger partial charge is 0.493 e. The minimum atomic E-state index is -0.163. The molecule has 1 saturated heterocycles. The fourth-order valence-electron chi connectivity index (χ4n) is 2.20. The van der Waals surface area contributed by atoms with Gasteiger partial charge in [0.05, 0.1) is 6.61 Å². The first-order chi connectivity index (χ1) is 9.54. The van der Waals surface area contributed by atoms with Gasteiger partial charge in [0.25, 0.3) is 0 Å². The molecule has 1 aliphatic heterocycles. The fourth-order valence-corrected chi connectivity index (χ4v) is 2.20. The van der Waals surface area contributed by atoms with Gasteiger partial charge in [-0.25, -0.2) is 0 Å². The van der Waals surface area contributed by atoms with Crippen molar-refractivity contribution in [2.75, 3.05) is 6.61 Å². The minimum Gasteiger partial charge on any atom is -0.493 e. The number of benzene rings is 1. The van der Waals surface area contributed by atoms with Crippen molar-refractivity contribution in [3.05, 3.63) is 29.8 Å². The lowest BCUT2D eigenvalue weighted by atomic mass is 9.91. The summed E-state index contributed by atoms with van der Waals surface area (Å²) < 4.78 is 5.62. The van der Waals surface area contributed by atoms with Crippen molar-refractivity contribution in [1.82, 2.24) is 5.32 Å². The Kier molecular flexibility index (Phi) is 4.77. The lowest BCUT2D eigenvalue weighted by molar-refractivity contribution is -0.136. The van der Waals surface area contributed by atoms with Crippen molar-refractivity contribution in [2.24, 2.45) is 11.8 Å². The summed E-state index contributed by atoms with van der Waals surface area (Å²) in [5.74, 6) is 0.934. The molecule has 20 heavy (non-hydrogen) atoms. The predicted molar refractivity (Wildman–Crippen MR) is 76.4 cm³/mol. The average Bonchev–Trinajstić information content (AvgIpc) is 2.41. The summed E-state index contributed by atoms with van der Waals surface area (Å²) in [6, 6.07) is 7.84. The van der Waals surface area contributed by atoms with Gasteiger partial charge in [-0.05, 0) is 36.5 Å². The van der Waals surface area contributed by atoms with Crippen molar-refractivity contribution in [3.63, 3.8) is 0 Å². The van der Waals surface area contributed by atoms with Crippen LogP contribution in [-0.2, 0) is 16.0 Å². The molecule has 1 fully saturated rings. The Morgan fingerprint density at radius 2 is 1.95 bits per heavy atom. The summed E-state index contributed by atoms with van der Waals surface area (Å²) in [7, 11) is 0. The number of carbonyl (C=O) groups excluding carboxylic acids is 2. The zero-order chi connectivity index (χ0) is 14.5. The molecule has 1 atom stereocenters. The normalized spacial score (nSPS) is 19.1. The molecule has 0 radical (unpaired) electrons. The third-order valence-corrected chi connectivity index (χ3v) is 3.34. The number of hydrogen-bond donors (Lipinski definition) is 1. The molecule has 1 aromatic carbocycles. The molecular weight excluding hydrogens is 254 g/mol. The Hall–Kier alpha value is -1.84. The van der Waals surface area contributed by atoms with Crippen LogP contribution in [-0.4, -0.2) is 18.4 Å². The SMILES string of the molecule is CC(C)COc1ccc(C[C@@H]2CCC(=O)NC2=O)cc1. The number of nitrogens with one attached hydrogen (secondary N) is 1. The monoisotopic (exact) mass is 275 g/mol. The van der Waals surface area contributed by atoms with Crippen LogP contribution in [0.1, 0.15) is 32.3 Å². The smallest absolute Gasteiger partial charge is 0.230 e. The molecule has 2 rings (SSSR count). The van der Waals surface area contributed by atoms with Crippen molar-refractivity contribution in [1.29, 1.82) is 0 Å². The number of ether oxygens (including phenoxy) is 1. The first-order valence-corrected chi connectivity index (χ1v) is 7.10. The van der Waals surface area contributed by atoms with Gasteiger partial charge in [-0.15, -0.1) is 0 Å². The maximum Gasteiger partial charge on any atom is 0.230 e. The molecule has 0 saturated carbocycles. The lowest BCUT2D eigenvalue weighted by Gasteiger charge is -2.20. The molecule has 0 unspecified atom stereocenters. The van der Waals surface area contributed by atoms with Crippen LogP contribution in [0.25, 0.3) is 0 Å². The summed E-state index contributed by atoms with van der Waals surface area (Å²) in [5, 5.41) is 2.39. The first-order valence-electron chi connectivity index (χ1n) is 7.10. The molecule has 0 spiro atoms. The first kappa shape index (κ1) is 14.6. The van der Waals surface area contributed by atoms with Crippen LogP contribution in [0, 0.1) is 11.8 Å². The maximum absolute atomic E-state index is 11.7. The Bertz CT molecular complexity index is 479. The third-order valence-electron chi connectivity index (χ3n) is 3.34. The molecule has 4 nitrogen and oxygen atoms in total. The standard InChI is InChI=1S/C16H21NO3/c1-11(2)10-20-14-6-3-12(4-7-14)9-13-5-8-15(18)17-16(13)19/h3-4,6-7,11,13H,5,8-10H2,1-2H3,(H,17,18,19)/t13-/m0/s1. The lowest BCUT2D eigenvalue weighted by Crippen LogP contribution is -2.41. The quantitative estimate of drug-likeness (QED) is 0.839. The zero-order valence-electron chi connectivity index (χ0n) is 12.0. The predicted octanol–water partition coefficient (Wildman–Crippen LogP) is 2.32. The molecule has 0 aliphatic carbocycles. The number of hydrogen-bond acceptors (Lipinski definition) is 3. The van der Waals surface area contributed by atoms with E-state index in [4.69, 9.17) is 4.74 Å². The molecule has 0 bridgehead atoms. The van der Waals surface area contributed by atoms with Gasteiger partial charge in [0, 0.05) is 12.3 Å². The second kappa shape index (κ2) is 6.55. The van der Waals surface area contributed by atoms with E-state index in [1.807, 2.05) is 24.3 Å². The van der Waals surface area contributed by atoms with Gasteiger partial charge in [-0.1, -0.05) is 26.0 Å². The highest BCUT2D eigenvalue weighted by Crippen LogP contribution is 2.20. The summed E-state index contributed by atoms with van der Waals surface area (Å²) in [4.78, 5) is 22.8. The zero-order valence-corrected chi connectivity index (χ0v) is 12.0. The molecule has 1 heterocycles. The summed E-state index contributed by atoms with van der Waals surface area (Å²) in [6.07, 6.45) is 1.74. The molecular formula is C16H21NO3. The maximum atomic E-state index is 11.7. The van der Waals surface area contributed by atoms with E-state index in [2.05, 4.69) is 19.2 Å². The Labute approximate surface area is 119 Å². The summed E-state index contributed by atoms with van der Waals surface area (Å²) in [6.45, 7) is 4.92. The summed E-state index contributed by atoms with van der Waals surface area (Å²) in [5.41, 5.74) is 1.09. The molecule has 1 aromatic rings. The Morgan fingerprint density at radius 1 is 1.25 bits per heavy atom. The van der Waals surface area contributed by atoms with E-state index >= 15 is 0 Å². The van der Waals surface area contributed by atoms with Crippen molar-refractivity contribution in [2.45, 2.75) is 33.1 Å². The molecule has 108 valence electrons. The van der Waals surface area contributed by atoms with Crippen LogP contribution >= 0.6 is 0 Å². The van der Waals surface area contributed by atoms with Crippen molar-refractivity contribution >= 4 is 11.8 Å². The second-order valence-electron chi connectivity index (χ2n) is 5.70. The average molecular weight is 275 g/mol. The van der Waals surface area contributed by atoms with Gasteiger partial charge in [0.1, 0.15) is 5.75 Å². The highest BCUT2D eigenvalue weighted by molar-refractivity contribution is 5.98. The van der Waals surface area contributed by atoms with Gasteiger partial charge in [-0.3, -0.25) is 14.9 Å². The van der Waals surface area contributed by atoms with Gasteiger partial charge >= 0.3 is 0 Å². The van der Waals surface area contributed by atoms with Gasteiger partial charge < -0.3 is 4.74 Å². The van der Waals surface area contributed by atoms with Crippen LogP contribution in [0.3, 0.4) is 0 Å². The minimum absolute atomic E-state index is 0.102. The third kappa shape index (κ3) is 4.08. The molecule has 1 N–H and O–H groups in total. The molecule has 4 heteroatoms. The van der Waals surface area contributed by atoms with Crippen molar-refractivity contribution < 1.29 is 14.3 Å². The van der Waals surface area contributed by atoms with E-state index in [0.717, 1.165) is 11.3 Å². The van der Waals surface area contributed by atoms with Gasteiger partial charge in [0.2, 0.25) is 11.8 Å². The molecule has 0 aromatic heterocycles. The number of imide groups is 1. The number of rotatable bonds is 5. The van der Waals surface area contributed by atoms with Crippen LogP contribution in [0.2, 0.25) is 0 Å².